The third kappa shape index (κ3) is 4.72. The number of nitrogens with one attached hydrogen (secondary N) is 1. The molecule has 0 aliphatic heterocycles. The Morgan fingerprint density at radius 1 is 1.29 bits per heavy atom. The molecule has 0 saturated heterocycles. The Morgan fingerprint density at radius 2 is 1.94 bits per heavy atom. The maximum atomic E-state index is 3.81. The molecular formula is C15H24N2. The van der Waals surface area contributed by atoms with Crippen LogP contribution >= 0.6 is 0 Å². The quantitative estimate of drug-likeness (QED) is 0.727. The summed E-state index contributed by atoms with van der Waals surface area (Å²) in [5.74, 6) is 0. The molecule has 1 aromatic carbocycles. The summed E-state index contributed by atoms with van der Waals surface area (Å²) in [4.78, 5) is 2.32. The van der Waals surface area contributed by atoms with Crippen LogP contribution in [0.15, 0.2) is 43.0 Å². The molecule has 1 unspecified atom stereocenters. The van der Waals surface area contributed by atoms with Crippen LogP contribution in [0.1, 0.15) is 25.5 Å². The normalized spacial score (nSPS) is 13.0. The van der Waals surface area contributed by atoms with Crippen molar-refractivity contribution in [2.75, 3.05) is 20.1 Å². The second kappa shape index (κ2) is 7.25. The Bertz CT molecular complexity index is 319. The monoisotopic (exact) mass is 232 g/mol. The summed E-state index contributed by atoms with van der Waals surface area (Å²) in [6.07, 6.45) is 1.95. The van der Waals surface area contributed by atoms with Gasteiger partial charge in [-0.15, -0.1) is 6.58 Å². The maximum Gasteiger partial charge on any atom is 0.0473 e. The fourth-order valence-corrected chi connectivity index (χ4v) is 1.88. The first-order chi connectivity index (χ1) is 8.15. The van der Waals surface area contributed by atoms with Crippen LogP contribution in [0.3, 0.4) is 0 Å². The Balaban J connectivity index is 2.75. The van der Waals surface area contributed by atoms with E-state index >= 15 is 0 Å². The van der Waals surface area contributed by atoms with Crippen LogP contribution in [-0.2, 0) is 0 Å². The zero-order valence-corrected chi connectivity index (χ0v) is 11.2. The van der Waals surface area contributed by atoms with Crippen LogP contribution in [0, 0.1) is 0 Å². The van der Waals surface area contributed by atoms with E-state index in [9.17, 15) is 0 Å². The summed E-state index contributed by atoms with van der Waals surface area (Å²) in [7, 11) is 2.14. The van der Waals surface area contributed by atoms with Crippen molar-refractivity contribution in [3.8, 4) is 0 Å². The first-order valence-corrected chi connectivity index (χ1v) is 6.24. The minimum absolute atomic E-state index is 0.400. The van der Waals surface area contributed by atoms with Crippen LogP contribution < -0.4 is 5.32 Å². The maximum absolute atomic E-state index is 3.81. The number of rotatable bonds is 7. The minimum atomic E-state index is 0.400. The number of hydrogen-bond donors (Lipinski definition) is 1. The van der Waals surface area contributed by atoms with E-state index < -0.39 is 0 Å². The fourth-order valence-electron chi connectivity index (χ4n) is 1.88. The lowest BCUT2D eigenvalue weighted by atomic mass is 10.1. The first-order valence-electron chi connectivity index (χ1n) is 6.24. The molecule has 2 heteroatoms. The third-order valence-corrected chi connectivity index (χ3v) is 2.85. The van der Waals surface area contributed by atoms with Gasteiger partial charge in [-0.1, -0.05) is 50.3 Å². The van der Waals surface area contributed by atoms with Gasteiger partial charge in [-0.25, -0.2) is 0 Å². The predicted octanol–water partition coefficient (Wildman–Crippen LogP) is 2.84. The lowest BCUT2D eigenvalue weighted by Gasteiger charge is -2.28. The molecule has 0 radical (unpaired) electrons. The van der Waals surface area contributed by atoms with Crippen LogP contribution in [0.5, 0.6) is 0 Å². The summed E-state index contributed by atoms with van der Waals surface area (Å²) in [5, 5.41) is 3.51. The predicted molar refractivity (Wildman–Crippen MR) is 75.1 cm³/mol. The van der Waals surface area contributed by atoms with Gasteiger partial charge in [0, 0.05) is 25.2 Å². The van der Waals surface area contributed by atoms with Crippen LogP contribution in [-0.4, -0.2) is 31.1 Å². The smallest absolute Gasteiger partial charge is 0.0473 e. The molecule has 94 valence electrons. The molecule has 0 spiro atoms. The summed E-state index contributed by atoms with van der Waals surface area (Å²) in [5.41, 5.74) is 1.35. The Kier molecular flexibility index (Phi) is 5.95. The summed E-state index contributed by atoms with van der Waals surface area (Å²) >= 11 is 0. The molecule has 0 saturated carbocycles. The molecule has 1 N–H and O–H groups in total. The third-order valence-electron chi connectivity index (χ3n) is 2.85. The molecule has 0 aromatic heterocycles. The number of hydrogen-bond acceptors (Lipinski definition) is 2. The van der Waals surface area contributed by atoms with E-state index in [4.69, 9.17) is 0 Å². The Morgan fingerprint density at radius 3 is 2.47 bits per heavy atom. The van der Waals surface area contributed by atoms with Gasteiger partial charge in [-0.2, -0.15) is 0 Å². The van der Waals surface area contributed by atoms with Gasteiger partial charge in [0.1, 0.15) is 0 Å². The van der Waals surface area contributed by atoms with E-state index in [1.807, 2.05) is 6.08 Å². The van der Waals surface area contributed by atoms with Gasteiger partial charge in [0.2, 0.25) is 0 Å². The molecule has 1 rings (SSSR count). The van der Waals surface area contributed by atoms with E-state index in [1.54, 1.807) is 0 Å². The molecule has 0 aliphatic rings. The van der Waals surface area contributed by atoms with Crippen molar-refractivity contribution in [2.24, 2.45) is 0 Å². The van der Waals surface area contributed by atoms with Gasteiger partial charge >= 0.3 is 0 Å². The highest BCUT2D eigenvalue weighted by Gasteiger charge is 2.15. The van der Waals surface area contributed by atoms with Gasteiger partial charge in [0.15, 0.2) is 0 Å². The topological polar surface area (TPSA) is 15.3 Å². The van der Waals surface area contributed by atoms with E-state index in [2.05, 4.69) is 68.0 Å². The first kappa shape index (κ1) is 13.9. The zero-order valence-electron chi connectivity index (χ0n) is 11.2. The van der Waals surface area contributed by atoms with Crippen LogP contribution in [0.25, 0.3) is 0 Å². The zero-order chi connectivity index (χ0) is 12.7. The molecule has 0 aliphatic carbocycles. The van der Waals surface area contributed by atoms with E-state index in [-0.39, 0.29) is 0 Å². The average molecular weight is 232 g/mol. The molecule has 2 nitrogen and oxygen atoms in total. The van der Waals surface area contributed by atoms with Gasteiger partial charge in [-0.3, -0.25) is 4.90 Å². The molecular weight excluding hydrogens is 208 g/mol. The number of benzene rings is 1. The van der Waals surface area contributed by atoms with Gasteiger partial charge < -0.3 is 5.32 Å². The van der Waals surface area contributed by atoms with Crippen LogP contribution in [0.4, 0.5) is 0 Å². The lowest BCUT2D eigenvalue weighted by molar-refractivity contribution is 0.257. The molecule has 0 heterocycles. The summed E-state index contributed by atoms with van der Waals surface area (Å²) in [6, 6.07) is 11.5. The molecule has 0 amide bonds. The highest BCUT2D eigenvalue weighted by molar-refractivity contribution is 5.19. The van der Waals surface area contributed by atoms with E-state index in [1.165, 1.54) is 5.56 Å². The number of likely N-dealkylation sites (N-methyl/N-ethyl adjacent to an activating group) is 1. The van der Waals surface area contributed by atoms with Gasteiger partial charge in [0.05, 0.1) is 0 Å². The molecule has 0 bridgehead atoms. The van der Waals surface area contributed by atoms with Crippen molar-refractivity contribution in [3.63, 3.8) is 0 Å². The van der Waals surface area contributed by atoms with Crippen molar-refractivity contribution in [1.29, 1.82) is 0 Å². The minimum Gasteiger partial charge on any atom is -0.313 e. The summed E-state index contributed by atoms with van der Waals surface area (Å²) < 4.78 is 0. The van der Waals surface area contributed by atoms with Crippen molar-refractivity contribution in [1.82, 2.24) is 10.2 Å². The lowest BCUT2D eigenvalue weighted by Crippen LogP contribution is -2.36. The SMILES string of the molecule is C=CCN(C)C(CNC(C)C)c1ccccc1. The highest BCUT2D eigenvalue weighted by Crippen LogP contribution is 2.18. The van der Waals surface area contributed by atoms with E-state index in [0.717, 1.165) is 13.1 Å². The average Bonchev–Trinajstić information content (AvgIpc) is 2.30. The second-order valence-corrected chi connectivity index (χ2v) is 4.72. The molecule has 1 aromatic rings. The van der Waals surface area contributed by atoms with Gasteiger partial charge in [-0.05, 0) is 12.6 Å². The largest absolute Gasteiger partial charge is 0.313 e. The summed E-state index contributed by atoms with van der Waals surface area (Å²) in [6.45, 7) is 10.0. The fraction of sp³-hybridized carbons (Fsp3) is 0.467. The molecule has 0 fully saturated rings. The highest BCUT2D eigenvalue weighted by atomic mass is 15.1. The van der Waals surface area contributed by atoms with Crippen LogP contribution in [0.2, 0.25) is 0 Å². The van der Waals surface area contributed by atoms with Crippen molar-refractivity contribution >= 4 is 0 Å². The standard InChI is InChI=1S/C15H24N2/c1-5-11-17(4)15(12-16-13(2)3)14-9-7-6-8-10-14/h5-10,13,15-16H,1,11-12H2,2-4H3. The van der Waals surface area contributed by atoms with Crippen molar-refractivity contribution in [2.45, 2.75) is 25.9 Å². The van der Waals surface area contributed by atoms with Crippen molar-refractivity contribution in [3.05, 3.63) is 48.6 Å². The molecule has 1 atom stereocenters. The van der Waals surface area contributed by atoms with E-state index in [0.29, 0.717) is 12.1 Å². The van der Waals surface area contributed by atoms with Gasteiger partial charge in [0.25, 0.3) is 0 Å². The van der Waals surface area contributed by atoms with Crippen molar-refractivity contribution < 1.29 is 0 Å². The second-order valence-electron chi connectivity index (χ2n) is 4.72. The number of nitrogens with zero attached hydrogens (tertiary/aromatic N) is 1. The Labute approximate surface area is 105 Å². The Hall–Kier alpha value is -1.12. The molecule has 17 heavy (non-hydrogen) atoms.